The van der Waals surface area contributed by atoms with Crippen LogP contribution in [0.25, 0.3) is 6.08 Å². The summed E-state index contributed by atoms with van der Waals surface area (Å²) < 4.78 is 6.22. The van der Waals surface area contributed by atoms with Crippen molar-refractivity contribution in [1.29, 1.82) is 5.26 Å². The van der Waals surface area contributed by atoms with Gasteiger partial charge in [-0.1, -0.05) is 15.9 Å². The largest absolute Gasteiger partial charge is 0.493 e. The SMILES string of the molecule is CCOc1ccc(Br)cc1/C=C(/C#N)C(N)=O. The van der Waals surface area contributed by atoms with E-state index >= 15 is 0 Å². The first kappa shape index (κ1) is 13.3. The molecule has 0 radical (unpaired) electrons. The predicted octanol–water partition coefficient (Wildman–Crippen LogP) is 2.24. The average Bonchev–Trinajstić information content (AvgIpc) is 2.29. The van der Waals surface area contributed by atoms with Gasteiger partial charge in [0.25, 0.3) is 5.91 Å². The molecule has 0 aliphatic carbocycles. The zero-order chi connectivity index (χ0) is 12.8. The number of carbonyl (C=O) groups excluding carboxylic acids is 1. The summed E-state index contributed by atoms with van der Waals surface area (Å²) in [7, 11) is 0. The van der Waals surface area contributed by atoms with E-state index in [1.807, 2.05) is 13.0 Å². The van der Waals surface area contributed by atoms with E-state index in [4.69, 9.17) is 15.7 Å². The molecule has 0 unspecified atom stereocenters. The summed E-state index contributed by atoms with van der Waals surface area (Å²) >= 11 is 3.31. The van der Waals surface area contributed by atoms with Crippen LogP contribution in [0.1, 0.15) is 12.5 Å². The van der Waals surface area contributed by atoms with Crippen molar-refractivity contribution in [3.8, 4) is 11.8 Å². The van der Waals surface area contributed by atoms with E-state index in [1.165, 1.54) is 6.08 Å². The molecule has 17 heavy (non-hydrogen) atoms. The van der Waals surface area contributed by atoms with Gasteiger partial charge in [0, 0.05) is 10.0 Å². The second kappa shape index (κ2) is 6.06. The third kappa shape index (κ3) is 3.61. The second-order valence-electron chi connectivity index (χ2n) is 3.15. The summed E-state index contributed by atoms with van der Waals surface area (Å²) in [5.74, 6) is -0.153. The molecule has 4 nitrogen and oxygen atoms in total. The van der Waals surface area contributed by atoms with Crippen LogP contribution in [0.2, 0.25) is 0 Å². The Bertz CT molecular complexity index is 504. The second-order valence-corrected chi connectivity index (χ2v) is 4.06. The van der Waals surface area contributed by atoms with Crippen molar-refractivity contribution in [3.63, 3.8) is 0 Å². The number of hydrogen-bond donors (Lipinski definition) is 1. The van der Waals surface area contributed by atoms with Crippen LogP contribution in [0.15, 0.2) is 28.2 Å². The molecule has 0 aliphatic rings. The Morgan fingerprint density at radius 1 is 1.65 bits per heavy atom. The molecule has 0 spiro atoms. The fourth-order valence-electron chi connectivity index (χ4n) is 1.23. The van der Waals surface area contributed by atoms with Crippen LogP contribution >= 0.6 is 15.9 Å². The number of benzene rings is 1. The van der Waals surface area contributed by atoms with Gasteiger partial charge in [0.15, 0.2) is 0 Å². The molecule has 0 saturated heterocycles. The molecule has 1 aromatic carbocycles. The molecular formula is C12H11BrN2O2. The van der Waals surface area contributed by atoms with Crippen molar-refractivity contribution in [1.82, 2.24) is 0 Å². The van der Waals surface area contributed by atoms with E-state index in [1.54, 1.807) is 18.2 Å². The van der Waals surface area contributed by atoms with Crippen molar-refractivity contribution < 1.29 is 9.53 Å². The summed E-state index contributed by atoms with van der Waals surface area (Å²) in [5.41, 5.74) is 5.60. The Balaban J connectivity index is 3.24. The molecule has 0 bridgehead atoms. The molecule has 0 aliphatic heterocycles. The zero-order valence-electron chi connectivity index (χ0n) is 9.24. The van der Waals surface area contributed by atoms with Crippen LogP contribution < -0.4 is 10.5 Å². The number of rotatable bonds is 4. The molecule has 2 N–H and O–H groups in total. The number of carbonyl (C=O) groups is 1. The van der Waals surface area contributed by atoms with Gasteiger partial charge in [-0.25, -0.2) is 0 Å². The fourth-order valence-corrected chi connectivity index (χ4v) is 1.61. The van der Waals surface area contributed by atoms with Crippen LogP contribution in [-0.2, 0) is 4.79 Å². The highest BCUT2D eigenvalue weighted by molar-refractivity contribution is 9.10. The maximum absolute atomic E-state index is 11.0. The lowest BCUT2D eigenvalue weighted by Crippen LogP contribution is -2.12. The Hall–Kier alpha value is -1.80. The highest BCUT2D eigenvalue weighted by atomic mass is 79.9. The normalized spacial score (nSPS) is 10.8. The summed E-state index contributed by atoms with van der Waals surface area (Å²) in [5, 5.41) is 8.78. The van der Waals surface area contributed by atoms with Gasteiger partial charge in [0.05, 0.1) is 6.61 Å². The molecule has 0 heterocycles. The molecule has 5 heteroatoms. The predicted molar refractivity (Wildman–Crippen MR) is 68.1 cm³/mol. The number of hydrogen-bond acceptors (Lipinski definition) is 3. The van der Waals surface area contributed by atoms with Crippen LogP contribution in [0, 0.1) is 11.3 Å². The van der Waals surface area contributed by atoms with Crippen molar-refractivity contribution in [2.75, 3.05) is 6.61 Å². The molecule has 0 fully saturated rings. The van der Waals surface area contributed by atoms with E-state index in [9.17, 15) is 4.79 Å². The molecular weight excluding hydrogens is 284 g/mol. The number of halogens is 1. The molecule has 0 aromatic heterocycles. The van der Waals surface area contributed by atoms with E-state index in [0.29, 0.717) is 17.9 Å². The third-order valence-corrected chi connectivity index (χ3v) is 2.45. The van der Waals surface area contributed by atoms with Gasteiger partial charge in [-0.15, -0.1) is 0 Å². The van der Waals surface area contributed by atoms with Crippen LogP contribution in [0.3, 0.4) is 0 Å². The standard InChI is InChI=1S/C12H11BrN2O2/c1-2-17-11-4-3-10(13)6-8(11)5-9(7-14)12(15)16/h3-6H,2H2,1H3,(H2,15,16)/b9-5-. The molecule has 88 valence electrons. The lowest BCUT2D eigenvalue weighted by Gasteiger charge is -2.07. The first-order valence-electron chi connectivity index (χ1n) is 4.92. The van der Waals surface area contributed by atoms with E-state index in [2.05, 4.69) is 15.9 Å². The molecule has 0 atom stereocenters. The minimum absolute atomic E-state index is 0.107. The Kier molecular flexibility index (Phi) is 4.73. The maximum Gasteiger partial charge on any atom is 0.259 e. The van der Waals surface area contributed by atoms with Crippen LogP contribution in [0.4, 0.5) is 0 Å². The number of ether oxygens (including phenoxy) is 1. The summed E-state index contributed by atoms with van der Waals surface area (Å²) in [6.07, 6.45) is 1.41. The zero-order valence-corrected chi connectivity index (χ0v) is 10.8. The van der Waals surface area contributed by atoms with Crippen molar-refractivity contribution in [3.05, 3.63) is 33.8 Å². The van der Waals surface area contributed by atoms with Crippen LogP contribution in [0.5, 0.6) is 5.75 Å². The quantitative estimate of drug-likeness (QED) is 0.683. The smallest absolute Gasteiger partial charge is 0.259 e. The minimum Gasteiger partial charge on any atom is -0.493 e. The minimum atomic E-state index is -0.755. The fraction of sp³-hybridized carbons (Fsp3) is 0.167. The van der Waals surface area contributed by atoms with Gasteiger partial charge in [0.1, 0.15) is 17.4 Å². The van der Waals surface area contributed by atoms with Crippen LogP contribution in [-0.4, -0.2) is 12.5 Å². The van der Waals surface area contributed by atoms with Crippen molar-refractivity contribution in [2.24, 2.45) is 5.73 Å². The molecule has 1 amide bonds. The Labute approximate surface area is 108 Å². The first-order chi connectivity index (χ1) is 8.08. The Morgan fingerprint density at radius 3 is 2.88 bits per heavy atom. The average molecular weight is 295 g/mol. The van der Waals surface area contributed by atoms with Gasteiger partial charge in [-0.05, 0) is 31.2 Å². The van der Waals surface area contributed by atoms with Gasteiger partial charge < -0.3 is 10.5 Å². The Morgan fingerprint density at radius 2 is 2.35 bits per heavy atom. The topological polar surface area (TPSA) is 76.1 Å². The summed E-state index contributed by atoms with van der Waals surface area (Å²) in [6, 6.07) is 7.09. The van der Waals surface area contributed by atoms with Crippen molar-refractivity contribution >= 4 is 27.9 Å². The van der Waals surface area contributed by atoms with Gasteiger partial charge in [-0.2, -0.15) is 5.26 Å². The number of nitriles is 1. The molecule has 1 aromatic rings. The highest BCUT2D eigenvalue weighted by Crippen LogP contribution is 2.25. The molecule has 0 saturated carbocycles. The number of nitrogens with zero attached hydrogens (tertiary/aromatic N) is 1. The van der Waals surface area contributed by atoms with E-state index in [-0.39, 0.29) is 5.57 Å². The van der Waals surface area contributed by atoms with E-state index < -0.39 is 5.91 Å². The van der Waals surface area contributed by atoms with Gasteiger partial charge in [0.2, 0.25) is 0 Å². The number of amides is 1. The van der Waals surface area contributed by atoms with Gasteiger partial charge >= 0.3 is 0 Å². The first-order valence-corrected chi connectivity index (χ1v) is 5.71. The molecule has 1 rings (SSSR count). The lowest BCUT2D eigenvalue weighted by atomic mass is 10.1. The van der Waals surface area contributed by atoms with Crippen molar-refractivity contribution in [2.45, 2.75) is 6.92 Å². The van der Waals surface area contributed by atoms with E-state index in [0.717, 1.165) is 4.47 Å². The number of primary amides is 1. The maximum atomic E-state index is 11.0. The monoisotopic (exact) mass is 294 g/mol. The summed E-state index contributed by atoms with van der Waals surface area (Å²) in [6.45, 7) is 2.36. The van der Waals surface area contributed by atoms with Gasteiger partial charge in [-0.3, -0.25) is 4.79 Å². The summed E-state index contributed by atoms with van der Waals surface area (Å²) in [4.78, 5) is 11.0. The lowest BCUT2D eigenvalue weighted by molar-refractivity contribution is -0.114. The number of nitrogens with two attached hydrogens (primary N) is 1. The highest BCUT2D eigenvalue weighted by Gasteiger charge is 2.07. The third-order valence-electron chi connectivity index (χ3n) is 1.96.